The molecule has 0 aliphatic carbocycles. The van der Waals surface area contributed by atoms with Gasteiger partial charge in [0.25, 0.3) is 0 Å². The van der Waals surface area contributed by atoms with Crippen LogP contribution in [-0.2, 0) is 0 Å². The molecule has 0 aliphatic heterocycles. The molecule has 0 amide bonds. The highest BCUT2D eigenvalue weighted by Crippen LogP contribution is 2.30. The first-order valence-electron chi connectivity index (χ1n) is 4.96. The molecule has 0 aliphatic rings. The van der Waals surface area contributed by atoms with Gasteiger partial charge in [0.2, 0.25) is 0 Å². The van der Waals surface area contributed by atoms with E-state index >= 15 is 0 Å². The Morgan fingerprint density at radius 2 is 1.93 bits per heavy atom. The van der Waals surface area contributed by atoms with Crippen molar-refractivity contribution in [2.75, 3.05) is 0 Å². The Morgan fingerprint density at radius 1 is 1.07 bits per heavy atom. The van der Waals surface area contributed by atoms with Crippen LogP contribution in [0.25, 0.3) is 21.8 Å². The molecule has 74 valence electrons. The maximum atomic E-state index is 9.49. The average Bonchev–Trinajstić information content (AvgIpc) is 2.57. The number of phenolic OH excluding ortho intramolecular Hbond substituents is 1. The van der Waals surface area contributed by atoms with E-state index in [0.29, 0.717) is 5.75 Å². The zero-order chi connectivity index (χ0) is 10.4. The van der Waals surface area contributed by atoms with Crippen LogP contribution in [0.2, 0.25) is 0 Å². The molecule has 0 atom stereocenters. The number of aromatic nitrogens is 1. The largest absolute Gasteiger partial charge is 0.508 e. The molecule has 2 nitrogen and oxygen atoms in total. The van der Waals surface area contributed by atoms with Crippen molar-refractivity contribution in [3.05, 3.63) is 42.0 Å². The molecule has 3 rings (SSSR count). The highest BCUT2D eigenvalue weighted by molar-refractivity contribution is 6.09. The van der Waals surface area contributed by atoms with Crippen molar-refractivity contribution in [1.82, 2.24) is 4.98 Å². The van der Waals surface area contributed by atoms with E-state index in [2.05, 4.69) is 24.0 Å². The molecule has 0 fully saturated rings. The van der Waals surface area contributed by atoms with Crippen molar-refractivity contribution in [2.45, 2.75) is 6.92 Å². The standard InChI is InChI=1S/C13H11NO/c1-8-3-2-4-12-13(8)10-7-9(15)5-6-11(10)14-12/h2-7,14-15H,1H3. The molecule has 2 aromatic carbocycles. The van der Waals surface area contributed by atoms with Crippen molar-refractivity contribution in [3.8, 4) is 5.75 Å². The highest BCUT2D eigenvalue weighted by Gasteiger charge is 2.06. The quantitative estimate of drug-likeness (QED) is 0.569. The van der Waals surface area contributed by atoms with Gasteiger partial charge in [-0.15, -0.1) is 0 Å². The fraction of sp³-hybridized carbons (Fsp3) is 0.0769. The van der Waals surface area contributed by atoms with E-state index in [-0.39, 0.29) is 0 Å². The molecule has 0 radical (unpaired) electrons. The maximum Gasteiger partial charge on any atom is 0.116 e. The Balaban J connectivity index is 2.61. The second-order valence-electron chi connectivity index (χ2n) is 3.85. The lowest BCUT2D eigenvalue weighted by molar-refractivity contribution is 0.476. The number of hydrogen-bond acceptors (Lipinski definition) is 1. The number of fused-ring (bicyclic) bond motifs is 3. The third kappa shape index (κ3) is 1.11. The van der Waals surface area contributed by atoms with E-state index in [1.165, 1.54) is 10.9 Å². The van der Waals surface area contributed by atoms with Crippen molar-refractivity contribution in [1.29, 1.82) is 0 Å². The monoisotopic (exact) mass is 197 g/mol. The van der Waals surface area contributed by atoms with Gasteiger partial charge in [0.05, 0.1) is 0 Å². The summed E-state index contributed by atoms with van der Waals surface area (Å²) in [5.41, 5.74) is 3.41. The van der Waals surface area contributed by atoms with Gasteiger partial charge in [-0.05, 0) is 36.8 Å². The highest BCUT2D eigenvalue weighted by atomic mass is 16.3. The van der Waals surface area contributed by atoms with E-state index in [1.54, 1.807) is 12.1 Å². The minimum Gasteiger partial charge on any atom is -0.508 e. The summed E-state index contributed by atoms with van der Waals surface area (Å²) in [7, 11) is 0. The van der Waals surface area contributed by atoms with E-state index < -0.39 is 0 Å². The van der Waals surface area contributed by atoms with E-state index in [4.69, 9.17) is 0 Å². The topological polar surface area (TPSA) is 36.0 Å². The van der Waals surface area contributed by atoms with E-state index in [9.17, 15) is 5.11 Å². The van der Waals surface area contributed by atoms with Crippen molar-refractivity contribution >= 4 is 21.8 Å². The first-order valence-corrected chi connectivity index (χ1v) is 4.96. The summed E-state index contributed by atoms with van der Waals surface area (Å²) < 4.78 is 0. The fourth-order valence-electron chi connectivity index (χ4n) is 2.12. The normalized spacial score (nSPS) is 11.3. The van der Waals surface area contributed by atoms with Crippen molar-refractivity contribution in [3.63, 3.8) is 0 Å². The molecular weight excluding hydrogens is 186 g/mol. The predicted octanol–water partition coefficient (Wildman–Crippen LogP) is 3.34. The van der Waals surface area contributed by atoms with Gasteiger partial charge in [0, 0.05) is 21.8 Å². The number of aryl methyl sites for hydroxylation is 1. The molecule has 0 saturated carbocycles. The Kier molecular flexibility index (Phi) is 1.54. The van der Waals surface area contributed by atoms with Crippen LogP contribution in [-0.4, -0.2) is 10.1 Å². The molecule has 15 heavy (non-hydrogen) atoms. The molecular formula is C13H11NO. The van der Waals surface area contributed by atoms with E-state index in [1.807, 2.05) is 12.1 Å². The Morgan fingerprint density at radius 3 is 2.80 bits per heavy atom. The Hall–Kier alpha value is -1.96. The minimum absolute atomic E-state index is 0.312. The van der Waals surface area contributed by atoms with Gasteiger partial charge >= 0.3 is 0 Å². The summed E-state index contributed by atoms with van der Waals surface area (Å²) >= 11 is 0. The van der Waals surface area contributed by atoms with Crippen LogP contribution in [0.1, 0.15) is 5.56 Å². The molecule has 0 saturated heterocycles. The number of benzene rings is 2. The summed E-state index contributed by atoms with van der Waals surface area (Å²) in [6, 6.07) is 11.6. The summed E-state index contributed by atoms with van der Waals surface area (Å²) in [4.78, 5) is 3.33. The molecule has 2 heteroatoms. The number of H-pyrrole nitrogens is 1. The van der Waals surface area contributed by atoms with Gasteiger partial charge in [-0.1, -0.05) is 12.1 Å². The molecule has 0 bridgehead atoms. The SMILES string of the molecule is Cc1cccc2[nH]c3ccc(O)cc3c12. The van der Waals surface area contributed by atoms with Crippen LogP contribution in [0.15, 0.2) is 36.4 Å². The number of aromatic hydroxyl groups is 1. The van der Waals surface area contributed by atoms with E-state index in [0.717, 1.165) is 16.4 Å². The lowest BCUT2D eigenvalue weighted by atomic mass is 10.1. The average molecular weight is 197 g/mol. The van der Waals surface area contributed by atoms with Gasteiger partial charge in [-0.3, -0.25) is 0 Å². The van der Waals surface area contributed by atoms with Crippen molar-refractivity contribution in [2.24, 2.45) is 0 Å². The number of aromatic amines is 1. The zero-order valence-corrected chi connectivity index (χ0v) is 8.41. The molecule has 2 N–H and O–H groups in total. The van der Waals surface area contributed by atoms with Crippen LogP contribution < -0.4 is 0 Å². The van der Waals surface area contributed by atoms with Gasteiger partial charge in [-0.2, -0.15) is 0 Å². The van der Waals surface area contributed by atoms with Crippen LogP contribution in [0, 0.1) is 6.92 Å². The third-order valence-electron chi connectivity index (χ3n) is 2.81. The van der Waals surface area contributed by atoms with Gasteiger partial charge in [0.15, 0.2) is 0 Å². The number of rotatable bonds is 0. The first-order chi connectivity index (χ1) is 7.25. The smallest absolute Gasteiger partial charge is 0.116 e. The summed E-state index contributed by atoms with van der Waals surface area (Å²) in [6.07, 6.45) is 0. The molecule has 0 spiro atoms. The van der Waals surface area contributed by atoms with Gasteiger partial charge < -0.3 is 10.1 Å². The second kappa shape index (κ2) is 2.76. The zero-order valence-electron chi connectivity index (χ0n) is 8.41. The predicted molar refractivity (Wildman–Crippen MR) is 62.2 cm³/mol. The van der Waals surface area contributed by atoms with Gasteiger partial charge in [0.1, 0.15) is 5.75 Å². The number of phenols is 1. The summed E-state index contributed by atoms with van der Waals surface area (Å²) in [5.74, 6) is 0.312. The Labute approximate surface area is 87.2 Å². The number of nitrogens with one attached hydrogen (secondary N) is 1. The fourth-order valence-corrected chi connectivity index (χ4v) is 2.12. The molecule has 0 unspecified atom stereocenters. The summed E-state index contributed by atoms with van der Waals surface area (Å²) in [6.45, 7) is 2.08. The van der Waals surface area contributed by atoms with Crippen LogP contribution >= 0.6 is 0 Å². The van der Waals surface area contributed by atoms with Crippen LogP contribution in [0.5, 0.6) is 5.75 Å². The second-order valence-corrected chi connectivity index (χ2v) is 3.85. The number of hydrogen-bond donors (Lipinski definition) is 2. The van der Waals surface area contributed by atoms with Crippen LogP contribution in [0.3, 0.4) is 0 Å². The molecule has 3 aromatic rings. The van der Waals surface area contributed by atoms with Crippen LogP contribution in [0.4, 0.5) is 0 Å². The third-order valence-corrected chi connectivity index (χ3v) is 2.81. The lowest BCUT2D eigenvalue weighted by Crippen LogP contribution is -1.73. The first kappa shape index (κ1) is 8.36. The lowest BCUT2D eigenvalue weighted by Gasteiger charge is -1.96. The van der Waals surface area contributed by atoms with Gasteiger partial charge in [-0.25, -0.2) is 0 Å². The maximum absolute atomic E-state index is 9.49. The molecule has 1 heterocycles. The van der Waals surface area contributed by atoms with Crippen molar-refractivity contribution < 1.29 is 5.11 Å². The molecule has 1 aromatic heterocycles. The Bertz CT molecular complexity index is 652. The minimum atomic E-state index is 0.312. The summed E-state index contributed by atoms with van der Waals surface area (Å²) in [5, 5.41) is 11.8.